The predicted molar refractivity (Wildman–Crippen MR) is 87.8 cm³/mol. The van der Waals surface area contributed by atoms with Gasteiger partial charge in [-0.25, -0.2) is 0 Å². The molecule has 3 heteroatoms. The second-order valence-corrected chi connectivity index (χ2v) is 5.68. The Morgan fingerprint density at radius 2 is 1.57 bits per heavy atom. The van der Waals surface area contributed by atoms with Gasteiger partial charge < -0.3 is 4.74 Å². The number of carbonyl (C=O) groups excluding carboxylic acids is 1. The Hall–Kier alpha value is -1.35. The highest BCUT2D eigenvalue weighted by molar-refractivity contribution is 5.75. The van der Waals surface area contributed by atoms with E-state index in [-0.39, 0.29) is 5.97 Å². The molecule has 0 saturated carbocycles. The fourth-order valence-corrected chi connectivity index (χ4v) is 2.32. The summed E-state index contributed by atoms with van der Waals surface area (Å²) in [6.07, 6.45) is 4.55. The van der Waals surface area contributed by atoms with Crippen LogP contribution in [0, 0.1) is 13.8 Å². The van der Waals surface area contributed by atoms with Gasteiger partial charge in [0.05, 0.1) is 6.54 Å². The molecule has 0 radical (unpaired) electrons. The number of hydrogen-bond donors (Lipinski definition) is 0. The summed E-state index contributed by atoms with van der Waals surface area (Å²) in [5, 5.41) is 0. The molecule has 0 aliphatic rings. The van der Waals surface area contributed by atoms with Gasteiger partial charge in [-0.2, -0.15) is 0 Å². The average molecular weight is 291 g/mol. The molecule has 0 N–H and O–H groups in total. The van der Waals surface area contributed by atoms with Gasteiger partial charge in [0.25, 0.3) is 0 Å². The van der Waals surface area contributed by atoms with Crippen molar-refractivity contribution in [2.45, 2.75) is 53.4 Å². The van der Waals surface area contributed by atoms with Crippen LogP contribution in [0.2, 0.25) is 0 Å². The van der Waals surface area contributed by atoms with E-state index < -0.39 is 0 Å². The Balaban J connectivity index is 2.60. The van der Waals surface area contributed by atoms with E-state index in [4.69, 9.17) is 4.74 Å². The Morgan fingerprint density at radius 3 is 2.05 bits per heavy atom. The van der Waals surface area contributed by atoms with Gasteiger partial charge in [-0.15, -0.1) is 0 Å². The van der Waals surface area contributed by atoms with Crippen LogP contribution in [0.15, 0.2) is 18.2 Å². The summed E-state index contributed by atoms with van der Waals surface area (Å²) < 4.78 is 5.59. The first-order valence-corrected chi connectivity index (χ1v) is 8.07. The lowest BCUT2D eigenvalue weighted by Crippen LogP contribution is -2.34. The Morgan fingerprint density at radius 1 is 1.05 bits per heavy atom. The number of nitrogens with zero attached hydrogens (tertiary/aromatic N) is 1. The number of benzene rings is 1. The summed E-state index contributed by atoms with van der Waals surface area (Å²) in [6, 6.07) is 5.93. The lowest BCUT2D eigenvalue weighted by Gasteiger charge is -2.21. The second-order valence-electron chi connectivity index (χ2n) is 5.68. The molecule has 0 aliphatic heterocycles. The highest BCUT2D eigenvalue weighted by Gasteiger charge is 2.14. The van der Waals surface area contributed by atoms with Crippen LogP contribution in [-0.4, -0.2) is 30.5 Å². The molecule has 0 bridgehead atoms. The normalized spacial score (nSPS) is 10.9. The number of rotatable bonds is 9. The Labute approximate surface area is 129 Å². The van der Waals surface area contributed by atoms with Crippen LogP contribution in [-0.2, 0) is 4.79 Å². The number of esters is 1. The number of ether oxygens (including phenoxy) is 1. The Kier molecular flexibility index (Phi) is 8.06. The van der Waals surface area contributed by atoms with E-state index in [1.165, 1.54) is 0 Å². The second kappa shape index (κ2) is 9.56. The highest BCUT2D eigenvalue weighted by Crippen LogP contribution is 2.22. The van der Waals surface area contributed by atoms with Gasteiger partial charge in [-0.3, -0.25) is 9.69 Å². The van der Waals surface area contributed by atoms with Crippen molar-refractivity contribution in [1.82, 2.24) is 4.90 Å². The molecule has 1 rings (SSSR count). The lowest BCUT2D eigenvalue weighted by atomic mass is 10.1. The molecular formula is C18H29NO2. The first-order chi connectivity index (χ1) is 10.1. The predicted octanol–water partition coefficient (Wildman–Crippen LogP) is 4.11. The standard InChI is InChI=1S/C18H29NO2/c1-5-7-12-19(13-8-6-2)14-17(20)21-18-15(3)10-9-11-16(18)4/h9-11H,5-8,12-14H2,1-4H3. The quantitative estimate of drug-likeness (QED) is 0.506. The minimum atomic E-state index is -0.153. The van der Waals surface area contributed by atoms with Crippen molar-refractivity contribution < 1.29 is 9.53 Å². The molecule has 0 atom stereocenters. The molecule has 21 heavy (non-hydrogen) atoms. The fourth-order valence-electron chi connectivity index (χ4n) is 2.32. The van der Waals surface area contributed by atoms with E-state index in [0.29, 0.717) is 12.3 Å². The van der Waals surface area contributed by atoms with Crippen LogP contribution in [0.5, 0.6) is 5.75 Å². The summed E-state index contributed by atoms with van der Waals surface area (Å²) in [7, 11) is 0. The summed E-state index contributed by atoms with van der Waals surface area (Å²) in [6.45, 7) is 10.6. The van der Waals surface area contributed by atoms with E-state index in [9.17, 15) is 4.79 Å². The molecule has 0 heterocycles. The van der Waals surface area contributed by atoms with E-state index in [1.807, 2.05) is 32.0 Å². The van der Waals surface area contributed by atoms with Crippen molar-refractivity contribution in [3.05, 3.63) is 29.3 Å². The molecule has 0 aliphatic carbocycles. The molecule has 1 aromatic rings. The van der Waals surface area contributed by atoms with Crippen molar-refractivity contribution in [1.29, 1.82) is 0 Å². The Bertz CT molecular complexity index is 415. The smallest absolute Gasteiger partial charge is 0.325 e. The zero-order valence-electron chi connectivity index (χ0n) is 13.9. The minimum Gasteiger partial charge on any atom is -0.425 e. The van der Waals surface area contributed by atoms with E-state index in [2.05, 4.69) is 18.7 Å². The van der Waals surface area contributed by atoms with Crippen LogP contribution in [0.1, 0.15) is 50.7 Å². The number of aryl methyl sites for hydroxylation is 2. The molecule has 118 valence electrons. The van der Waals surface area contributed by atoms with Crippen molar-refractivity contribution in [3.63, 3.8) is 0 Å². The van der Waals surface area contributed by atoms with E-state index >= 15 is 0 Å². The third kappa shape index (κ3) is 6.30. The third-order valence-corrected chi connectivity index (χ3v) is 3.63. The van der Waals surface area contributed by atoms with Crippen molar-refractivity contribution in [2.75, 3.05) is 19.6 Å². The molecule has 0 aromatic heterocycles. The molecular weight excluding hydrogens is 262 g/mol. The molecule has 0 spiro atoms. The molecule has 0 fully saturated rings. The van der Waals surface area contributed by atoms with Crippen molar-refractivity contribution in [3.8, 4) is 5.75 Å². The minimum absolute atomic E-state index is 0.153. The maximum absolute atomic E-state index is 12.2. The third-order valence-electron chi connectivity index (χ3n) is 3.63. The van der Waals surface area contributed by atoms with Crippen LogP contribution in [0.4, 0.5) is 0 Å². The summed E-state index contributed by atoms with van der Waals surface area (Å²) in [4.78, 5) is 14.4. The maximum Gasteiger partial charge on any atom is 0.325 e. The van der Waals surface area contributed by atoms with Crippen LogP contribution >= 0.6 is 0 Å². The number of para-hydroxylation sites is 1. The highest BCUT2D eigenvalue weighted by atomic mass is 16.5. The SMILES string of the molecule is CCCCN(CCCC)CC(=O)Oc1c(C)cccc1C. The zero-order chi connectivity index (χ0) is 15.7. The first-order valence-electron chi connectivity index (χ1n) is 8.07. The van der Waals surface area contributed by atoms with E-state index in [0.717, 1.165) is 49.9 Å². The number of carbonyl (C=O) groups is 1. The molecule has 0 amide bonds. The van der Waals surface area contributed by atoms with Gasteiger partial charge >= 0.3 is 5.97 Å². The largest absolute Gasteiger partial charge is 0.425 e. The van der Waals surface area contributed by atoms with Crippen LogP contribution in [0.3, 0.4) is 0 Å². The molecule has 1 aromatic carbocycles. The zero-order valence-corrected chi connectivity index (χ0v) is 13.9. The maximum atomic E-state index is 12.2. The van der Waals surface area contributed by atoms with Crippen LogP contribution in [0.25, 0.3) is 0 Å². The fraction of sp³-hybridized carbons (Fsp3) is 0.611. The molecule has 0 unspecified atom stereocenters. The van der Waals surface area contributed by atoms with Gasteiger partial charge in [0.15, 0.2) is 0 Å². The van der Waals surface area contributed by atoms with Gasteiger partial charge in [0, 0.05) is 0 Å². The average Bonchev–Trinajstić information content (AvgIpc) is 2.46. The van der Waals surface area contributed by atoms with Crippen molar-refractivity contribution >= 4 is 5.97 Å². The van der Waals surface area contributed by atoms with E-state index in [1.54, 1.807) is 0 Å². The molecule has 3 nitrogen and oxygen atoms in total. The molecule has 0 saturated heterocycles. The summed E-state index contributed by atoms with van der Waals surface area (Å²) >= 11 is 0. The van der Waals surface area contributed by atoms with Gasteiger partial charge in [0.2, 0.25) is 0 Å². The lowest BCUT2D eigenvalue weighted by molar-refractivity contribution is -0.135. The van der Waals surface area contributed by atoms with Crippen molar-refractivity contribution in [2.24, 2.45) is 0 Å². The van der Waals surface area contributed by atoms with Gasteiger partial charge in [-0.05, 0) is 50.9 Å². The van der Waals surface area contributed by atoms with Crippen LogP contribution < -0.4 is 4.74 Å². The van der Waals surface area contributed by atoms with Gasteiger partial charge in [0.1, 0.15) is 5.75 Å². The topological polar surface area (TPSA) is 29.5 Å². The summed E-state index contributed by atoms with van der Waals surface area (Å²) in [5.74, 6) is 0.563. The first kappa shape index (κ1) is 17.7. The number of hydrogen-bond acceptors (Lipinski definition) is 3. The monoisotopic (exact) mass is 291 g/mol. The summed E-state index contributed by atoms with van der Waals surface area (Å²) in [5.41, 5.74) is 2.02. The van der Waals surface area contributed by atoms with Gasteiger partial charge in [-0.1, -0.05) is 44.9 Å². The number of unbranched alkanes of at least 4 members (excludes halogenated alkanes) is 2.